The fourth-order valence-corrected chi connectivity index (χ4v) is 2.64. The Morgan fingerprint density at radius 1 is 1.37 bits per heavy atom. The van der Waals surface area contributed by atoms with Crippen molar-refractivity contribution in [1.29, 1.82) is 0 Å². The highest BCUT2D eigenvalue weighted by molar-refractivity contribution is 5.30. The molecule has 3 heteroatoms. The first kappa shape index (κ1) is 14.4. The van der Waals surface area contributed by atoms with Crippen molar-refractivity contribution < 1.29 is 9.84 Å². The van der Waals surface area contributed by atoms with E-state index in [0.29, 0.717) is 12.5 Å². The fraction of sp³-hybridized carbons (Fsp3) is 0.625. The molecule has 0 heterocycles. The van der Waals surface area contributed by atoms with Gasteiger partial charge in [0.2, 0.25) is 0 Å². The minimum Gasteiger partial charge on any atom is -0.493 e. The van der Waals surface area contributed by atoms with E-state index in [1.807, 2.05) is 31.2 Å². The lowest BCUT2D eigenvalue weighted by atomic mass is 9.97. The second-order valence-electron chi connectivity index (χ2n) is 5.69. The maximum absolute atomic E-state index is 10.2. The van der Waals surface area contributed by atoms with E-state index in [1.165, 1.54) is 25.7 Å². The van der Waals surface area contributed by atoms with Gasteiger partial charge in [-0.05, 0) is 48.9 Å². The summed E-state index contributed by atoms with van der Waals surface area (Å²) in [5, 5.41) is 10.2. The Kier molecular flexibility index (Phi) is 5.23. The maximum atomic E-state index is 10.2. The lowest BCUT2D eigenvalue weighted by Gasteiger charge is -2.18. The van der Waals surface area contributed by atoms with Crippen molar-refractivity contribution in [3.05, 3.63) is 29.8 Å². The molecule has 0 bridgehead atoms. The molecule has 106 valence electrons. The zero-order valence-electron chi connectivity index (χ0n) is 11.7. The van der Waals surface area contributed by atoms with Gasteiger partial charge in [0.15, 0.2) is 0 Å². The molecule has 0 amide bonds. The van der Waals surface area contributed by atoms with E-state index >= 15 is 0 Å². The predicted molar refractivity (Wildman–Crippen MR) is 77.1 cm³/mol. The van der Waals surface area contributed by atoms with E-state index in [9.17, 15) is 5.11 Å². The van der Waals surface area contributed by atoms with Crippen LogP contribution in [0.25, 0.3) is 0 Å². The Morgan fingerprint density at radius 2 is 2.11 bits per heavy atom. The van der Waals surface area contributed by atoms with Crippen molar-refractivity contribution in [3.8, 4) is 5.75 Å². The normalized spacial score (nSPS) is 19.3. The minimum atomic E-state index is -0.514. The van der Waals surface area contributed by atoms with Gasteiger partial charge in [-0.3, -0.25) is 0 Å². The molecule has 0 spiro atoms. The van der Waals surface area contributed by atoms with Gasteiger partial charge in [0.05, 0.1) is 12.7 Å². The van der Waals surface area contributed by atoms with Crippen molar-refractivity contribution >= 4 is 0 Å². The summed E-state index contributed by atoms with van der Waals surface area (Å²) in [6.45, 7) is 3.23. The minimum absolute atomic E-state index is 0.0603. The molecule has 0 radical (unpaired) electrons. The highest BCUT2D eigenvalue weighted by Gasteiger charge is 2.17. The van der Waals surface area contributed by atoms with E-state index in [1.54, 1.807) is 0 Å². The number of benzene rings is 1. The summed E-state index contributed by atoms with van der Waals surface area (Å²) in [7, 11) is 0. The maximum Gasteiger partial charge on any atom is 0.119 e. The van der Waals surface area contributed by atoms with Crippen LogP contribution in [0, 0.1) is 11.8 Å². The zero-order valence-corrected chi connectivity index (χ0v) is 11.7. The Hall–Kier alpha value is -1.06. The van der Waals surface area contributed by atoms with Crippen molar-refractivity contribution in [2.24, 2.45) is 17.6 Å². The van der Waals surface area contributed by atoms with Gasteiger partial charge in [-0.15, -0.1) is 0 Å². The molecule has 1 aromatic rings. The van der Waals surface area contributed by atoms with Gasteiger partial charge < -0.3 is 15.6 Å². The molecule has 1 aromatic carbocycles. The third-order valence-electron chi connectivity index (χ3n) is 4.07. The highest BCUT2D eigenvalue weighted by Crippen LogP contribution is 2.27. The summed E-state index contributed by atoms with van der Waals surface area (Å²) in [6.07, 6.45) is 4.72. The molecule has 1 aliphatic carbocycles. The van der Waals surface area contributed by atoms with Crippen LogP contribution in [0.2, 0.25) is 0 Å². The summed E-state index contributed by atoms with van der Waals surface area (Å²) >= 11 is 0. The summed E-state index contributed by atoms with van der Waals surface area (Å²) in [6, 6.07) is 7.76. The molecule has 0 saturated heterocycles. The fourth-order valence-electron chi connectivity index (χ4n) is 2.64. The van der Waals surface area contributed by atoms with E-state index in [4.69, 9.17) is 10.5 Å². The number of hydrogen-bond donors (Lipinski definition) is 2. The van der Waals surface area contributed by atoms with Crippen LogP contribution < -0.4 is 10.5 Å². The van der Waals surface area contributed by atoms with Crippen LogP contribution in [0.3, 0.4) is 0 Å². The Labute approximate surface area is 115 Å². The Bertz CT molecular complexity index is 388. The molecule has 1 fully saturated rings. The summed E-state index contributed by atoms with van der Waals surface area (Å²) in [5.41, 5.74) is 6.49. The van der Waals surface area contributed by atoms with E-state index in [2.05, 4.69) is 0 Å². The van der Waals surface area contributed by atoms with Gasteiger partial charge >= 0.3 is 0 Å². The predicted octanol–water partition coefficient (Wildman–Crippen LogP) is 2.88. The molecule has 3 nitrogen and oxygen atoms in total. The second-order valence-corrected chi connectivity index (χ2v) is 5.69. The number of rotatable bonds is 6. The molecule has 0 unspecified atom stereocenters. The topological polar surface area (TPSA) is 55.5 Å². The molecule has 3 N–H and O–H groups in total. The van der Waals surface area contributed by atoms with Crippen LogP contribution in [0.4, 0.5) is 0 Å². The largest absolute Gasteiger partial charge is 0.493 e. The van der Waals surface area contributed by atoms with Gasteiger partial charge in [0.1, 0.15) is 5.75 Å². The van der Waals surface area contributed by atoms with Crippen LogP contribution in [0.1, 0.15) is 44.3 Å². The first-order valence-corrected chi connectivity index (χ1v) is 7.31. The zero-order chi connectivity index (χ0) is 13.7. The van der Waals surface area contributed by atoms with E-state index in [0.717, 1.165) is 17.9 Å². The van der Waals surface area contributed by atoms with Gasteiger partial charge in [-0.1, -0.05) is 31.9 Å². The number of aliphatic hydroxyl groups is 1. The summed E-state index contributed by atoms with van der Waals surface area (Å²) in [5.74, 6) is 1.62. The van der Waals surface area contributed by atoms with Crippen molar-refractivity contribution in [2.45, 2.75) is 38.7 Å². The lowest BCUT2D eigenvalue weighted by molar-refractivity contribution is 0.121. The third-order valence-corrected chi connectivity index (χ3v) is 4.07. The highest BCUT2D eigenvalue weighted by atomic mass is 16.5. The SMILES string of the molecule is C[C@H](CN)[C@H](O)c1cccc(OCC2CCCC2)c1. The molecular weight excluding hydrogens is 238 g/mol. The Balaban J connectivity index is 1.94. The number of hydrogen-bond acceptors (Lipinski definition) is 3. The molecule has 1 saturated carbocycles. The van der Waals surface area contributed by atoms with Crippen LogP contribution in [-0.2, 0) is 0 Å². The first-order chi connectivity index (χ1) is 9.20. The van der Waals surface area contributed by atoms with Crippen molar-refractivity contribution in [1.82, 2.24) is 0 Å². The molecule has 1 aliphatic rings. The smallest absolute Gasteiger partial charge is 0.119 e. The number of nitrogens with two attached hydrogens (primary N) is 1. The molecule has 0 aliphatic heterocycles. The van der Waals surface area contributed by atoms with E-state index in [-0.39, 0.29) is 5.92 Å². The molecule has 2 rings (SSSR count). The van der Waals surface area contributed by atoms with E-state index < -0.39 is 6.10 Å². The monoisotopic (exact) mass is 263 g/mol. The van der Waals surface area contributed by atoms with Gasteiger partial charge in [0.25, 0.3) is 0 Å². The molecule has 19 heavy (non-hydrogen) atoms. The van der Waals surface area contributed by atoms with Gasteiger partial charge in [-0.25, -0.2) is 0 Å². The van der Waals surface area contributed by atoms with Gasteiger partial charge in [0, 0.05) is 0 Å². The lowest BCUT2D eigenvalue weighted by Crippen LogP contribution is -2.18. The second kappa shape index (κ2) is 6.92. The van der Waals surface area contributed by atoms with Crippen LogP contribution >= 0.6 is 0 Å². The summed E-state index contributed by atoms with van der Waals surface area (Å²) < 4.78 is 5.85. The van der Waals surface area contributed by atoms with Crippen LogP contribution in [0.15, 0.2) is 24.3 Å². The van der Waals surface area contributed by atoms with Crippen molar-refractivity contribution in [3.63, 3.8) is 0 Å². The standard InChI is InChI=1S/C16H25NO2/c1-12(10-17)16(18)14-7-4-8-15(9-14)19-11-13-5-2-3-6-13/h4,7-9,12-13,16,18H,2-3,5-6,10-11,17H2,1H3/t12-,16+/m1/s1. The first-order valence-electron chi connectivity index (χ1n) is 7.31. The quantitative estimate of drug-likeness (QED) is 0.829. The molecule has 2 atom stereocenters. The summed E-state index contributed by atoms with van der Waals surface area (Å²) in [4.78, 5) is 0. The average molecular weight is 263 g/mol. The molecular formula is C16H25NO2. The number of aliphatic hydroxyl groups excluding tert-OH is 1. The van der Waals surface area contributed by atoms with Gasteiger partial charge in [-0.2, -0.15) is 0 Å². The molecule has 0 aromatic heterocycles. The third kappa shape index (κ3) is 3.95. The van der Waals surface area contributed by atoms with Crippen LogP contribution in [0.5, 0.6) is 5.75 Å². The Morgan fingerprint density at radius 3 is 2.79 bits per heavy atom. The number of ether oxygens (including phenoxy) is 1. The van der Waals surface area contributed by atoms with Crippen molar-refractivity contribution in [2.75, 3.05) is 13.2 Å². The average Bonchev–Trinajstić information content (AvgIpc) is 2.97. The van der Waals surface area contributed by atoms with Crippen LogP contribution in [-0.4, -0.2) is 18.3 Å².